The van der Waals surface area contributed by atoms with Crippen molar-refractivity contribution in [2.45, 2.75) is 32.4 Å². The van der Waals surface area contributed by atoms with Crippen molar-refractivity contribution in [2.75, 3.05) is 6.54 Å². The fourth-order valence-electron chi connectivity index (χ4n) is 3.50. The molecule has 7 nitrogen and oxygen atoms in total. The molecule has 0 unspecified atom stereocenters. The summed E-state index contributed by atoms with van der Waals surface area (Å²) in [6.07, 6.45) is 1.71. The van der Waals surface area contributed by atoms with E-state index in [2.05, 4.69) is 16.3 Å². The molecule has 0 bridgehead atoms. The Morgan fingerprint density at radius 3 is 2.93 bits per heavy atom. The number of rotatable bonds is 5. The highest BCUT2D eigenvalue weighted by atomic mass is 16.5. The van der Waals surface area contributed by atoms with Gasteiger partial charge in [0.25, 0.3) is 5.91 Å². The molecule has 1 aliphatic heterocycles. The molecular weight excluding hydrogens is 368 g/mol. The third kappa shape index (κ3) is 4.11. The summed E-state index contributed by atoms with van der Waals surface area (Å²) in [5.41, 5.74) is 2.02. The smallest absolute Gasteiger partial charge is 0.254 e. The quantitative estimate of drug-likeness (QED) is 0.660. The van der Waals surface area contributed by atoms with Gasteiger partial charge in [0, 0.05) is 19.0 Å². The van der Waals surface area contributed by atoms with Gasteiger partial charge in [0.15, 0.2) is 0 Å². The first-order valence-electron chi connectivity index (χ1n) is 9.47. The zero-order valence-electron chi connectivity index (χ0n) is 16.0. The van der Waals surface area contributed by atoms with Crippen molar-refractivity contribution in [3.63, 3.8) is 0 Å². The predicted molar refractivity (Wildman–Crippen MR) is 104 cm³/mol. The van der Waals surface area contributed by atoms with Crippen LogP contribution in [-0.2, 0) is 6.61 Å². The first kappa shape index (κ1) is 18.7. The number of amides is 1. The molecule has 7 heteroatoms. The third-order valence-electron chi connectivity index (χ3n) is 4.88. The topological polar surface area (TPSA) is 92.3 Å². The molecule has 1 saturated heterocycles. The molecule has 3 aromatic rings. The number of aryl methyl sites for hydroxylation is 1. The fraction of sp³-hybridized carbons (Fsp3) is 0.273. The zero-order valence-corrected chi connectivity index (χ0v) is 16.0. The van der Waals surface area contributed by atoms with Crippen LogP contribution in [0.4, 0.5) is 0 Å². The van der Waals surface area contributed by atoms with E-state index in [9.17, 15) is 4.79 Å². The molecule has 0 N–H and O–H groups in total. The lowest BCUT2D eigenvalue weighted by molar-refractivity contribution is 0.0714. The van der Waals surface area contributed by atoms with E-state index in [0.29, 0.717) is 41.8 Å². The molecule has 2 heterocycles. The van der Waals surface area contributed by atoms with Gasteiger partial charge in [0.2, 0.25) is 11.8 Å². The molecular formula is C22H20N4O3. The Kier molecular flexibility index (Phi) is 5.25. The number of aromatic nitrogens is 2. The summed E-state index contributed by atoms with van der Waals surface area (Å²) in [7, 11) is 0. The highest BCUT2D eigenvalue weighted by molar-refractivity contribution is 5.94. The minimum atomic E-state index is -0.183. The summed E-state index contributed by atoms with van der Waals surface area (Å²) >= 11 is 0. The summed E-state index contributed by atoms with van der Waals surface area (Å²) in [4.78, 5) is 14.9. The summed E-state index contributed by atoms with van der Waals surface area (Å²) < 4.78 is 11.3. The summed E-state index contributed by atoms with van der Waals surface area (Å²) in [6, 6.07) is 16.3. The standard InChI is InChI=1S/C22H20N4O3/c1-15-24-25-21(29-15)20-9-4-10-26(20)22(27)18-7-2-6-17(11-18)14-28-19-8-3-5-16(12-19)13-23/h2-3,5-8,11-12,20H,4,9-10,14H2,1H3/t20-/m1/s1. The number of ether oxygens (including phenoxy) is 1. The number of likely N-dealkylation sites (tertiary alicyclic amines) is 1. The Balaban J connectivity index is 1.47. The largest absolute Gasteiger partial charge is 0.489 e. The highest BCUT2D eigenvalue weighted by Gasteiger charge is 2.34. The lowest BCUT2D eigenvalue weighted by Crippen LogP contribution is -2.30. The molecule has 1 aromatic heterocycles. The highest BCUT2D eigenvalue weighted by Crippen LogP contribution is 2.32. The lowest BCUT2D eigenvalue weighted by atomic mass is 10.1. The van der Waals surface area contributed by atoms with Crippen molar-refractivity contribution >= 4 is 5.91 Å². The van der Waals surface area contributed by atoms with E-state index < -0.39 is 0 Å². The van der Waals surface area contributed by atoms with Crippen LogP contribution in [0.5, 0.6) is 5.75 Å². The van der Waals surface area contributed by atoms with Gasteiger partial charge >= 0.3 is 0 Å². The molecule has 0 aliphatic carbocycles. The van der Waals surface area contributed by atoms with Gasteiger partial charge in [-0.15, -0.1) is 10.2 Å². The van der Waals surface area contributed by atoms with Gasteiger partial charge in [-0.2, -0.15) is 5.26 Å². The molecule has 0 saturated carbocycles. The van der Waals surface area contributed by atoms with E-state index in [1.165, 1.54) is 0 Å². The van der Waals surface area contributed by atoms with Gasteiger partial charge in [-0.25, -0.2) is 0 Å². The molecule has 0 spiro atoms. The molecule has 1 fully saturated rings. The number of carbonyl (C=O) groups is 1. The molecule has 1 amide bonds. The number of benzene rings is 2. The second-order valence-corrected chi connectivity index (χ2v) is 6.94. The Bertz CT molecular complexity index is 1070. The Morgan fingerprint density at radius 2 is 2.14 bits per heavy atom. The monoisotopic (exact) mass is 388 g/mol. The van der Waals surface area contributed by atoms with E-state index in [-0.39, 0.29) is 11.9 Å². The normalized spacial score (nSPS) is 15.9. The summed E-state index contributed by atoms with van der Waals surface area (Å²) in [5, 5.41) is 17.0. The molecule has 2 aromatic carbocycles. The van der Waals surface area contributed by atoms with E-state index >= 15 is 0 Å². The average molecular weight is 388 g/mol. The van der Waals surface area contributed by atoms with Crippen LogP contribution in [0, 0.1) is 18.3 Å². The average Bonchev–Trinajstić information content (AvgIpc) is 3.41. The number of hydrogen-bond acceptors (Lipinski definition) is 6. The second-order valence-electron chi connectivity index (χ2n) is 6.94. The van der Waals surface area contributed by atoms with Crippen LogP contribution in [0.3, 0.4) is 0 Å². The van der Waals surface area contributed by atoms with E-state index in [0.717, 1.165) is 18.4 Å². The molecule has 146 valence electrons. The maximum Gasteiger partial charge on any atom is 0.254 e. The van der Waals surface area contributed by atoms with Crippen molar-refractivity contribution in [2.24, 2.45) is 0 Å². The van der Waals surface area contributed by atoms with Crippen molar-refractivity contribution < 1.29 is 13.9 Å². The van der Waals surface area contributed by atoms with E-state index in [1.54, 1.807) is 42.2 Å². The number of nitriles is 1. The van der Waals surface area contributed by atoms with Crippen LogP contribution in [0.25, 0.3) is 0 Å². The molecule has 29 heavy (non-hydrogen) atoms. The van der Waals surface area contributed by atoms with Crippen LogP contribution in [0.2, 0.25) is 0 Å². The minimum Gasteiger partial charge on any atom is -0.489 e. The van der Waals surface area contributed by atoms with Gasteiger partial charge in [-0.1, -0.05) is 18.2 Å². The van der Waals surface area contributed by atoms with Crippen molar-refractivity contribution in [1.29, 1.82) is 5.26 Å². The fourth-order valence-corrected chi connectivity index (χ4v) is 3.50. The van der Waals surface area contributed by atoms with Gasteiger partial charge in [0.05, 0.1) is 11.6 Å². The lowest BCUT2D eigenvalue weighted by Gasteiger charge is -2.22. The third-order valence-corrected chi connectivity index (χ3v) is 4.88. The molecule has 0 radical (unpaired) electrons. The Hall–Kier alpha value is -3.66. The zero-order chi connectivity index (χ0) is 20.2. The predicted octanol–water partition coefficient (Wildman–Crippen LogP) is 3.81. The van der Waals surface area contributed by atoms with Gasteiger partial charge < -0.3 is 14.1 Å². The number of carbonyl (C=O) groups excluding carboxylic acids is 1. The first-order valence-corrected chi connectivity index (χ1v) is 9.47. The molecule has 4 rings (SSSR count). The van der Waals surface area contributed by atoms with Crippen molar-refractivity contribution in [3.05, 3.63) is 77.0 Å². The Labute approximate surface area is 168 Å². The van der Waals surface area contributed by atoms with Crippen LogP contribution in [0.15, 0.2) is 52.9 Å². The maximum atomic E-state index is 13.1. The Morgan fingerprint density at radius 1 is 1.28 bits per heavy atom. The maximum absolute atomic E-state index is 13.1. The SMILES string of the molecule is Cc1nnc([C@H]2CCCN2C(=O)c2cccc(COc3cccc(C#N)c3)c2)o1. The number of nitrogens with zero attached hydrogens (tertiary/aromatic N) is 4. The van der Waals surface area contributed by atoms with Gasteiger partial charge in [-0.05, 0) is 48.7 Å². The van der Waals surface area contributed by atoms with E-state index in [1.807, 2.05) is 18.2 Å². The van der Waals surface area contributed by atoms with E-state index in [4.69, 9.17) is 14.4 Å². The molecule has 1 atom stereocenters. The van der Waals surface area contributed by atoms with Gasteiger partial charge in [0.1, 0.15) is 18.4 Å². The number of hydrogen-bond donors (Lipinski definition) is 0. The van der Waals surface area contributed by atoms with Crippen molar-refractivity contribution in [3.8, 4) is 11.8 Å². The van der Waals surface area contributed by atoms with Crippen molar-refractivity contribution in [1.82, 2.24) is 15.1 Å². The van der Waals surface area contributed by atoms with Crippen LogP contribution < -0.4 is 4.74 Å². The minimum absolute atomic E-state index is 0.0586. The van der Waals surface area contributed by atoms with Crippen LogP contribution >= 0.6 is 0 Å². The summed E-state index contributed by atoms with van der Waals surface area (Å²) in [6.45, 7) is 2.71. The molecule has 1 aliphatic rings. The summed E-state index contributed by atoms with van der Waals surface area (Å²) in [5.74, 6) is 1.55. The second kappa shape index (κ2) is 8.15. The van der Waals surface area contributed by atoms with Crippen LogP contribution in [0.1, 0.15) is 52.1 Å². The van der Waals surface area contributed by atoms with Crippen LogP contribution in [-0.4, -0.2) is 27.5 Å². The van der Waals surface area contributed by atoms with Gasteiger partial charge in [-0.3, -0.25) is 4.79 Å². The first-order chi connectivity index (χ1) is 14.1.